The highest BCUT2D eigenvalue weighted by atomic mass is 19.2. The molecule has 17 heteroatoms. The second-order valence-electron chi connectivity index (χ2n) is 10.7. The number of halogens is 5. The number of pyridine rings is 1. The highest BCUT2D eigenvalue weighted by molar-refractivity contribution is 5.98. The number of nitrogens with one attached hydrogen (secondary N) is 2. The fourth-order valence-electron chi connectivity index (χ4n) is 5.09. The van der Waals surface area contributed by atoms with Gasteiger partial charge in [0.05, 0.1) is 24.2 Å². The maximum absolute atomic E-state index is 14.7. The number of rotatable bonds is 5. The molecule has 0 bridgehead atoms. The zero-order valence-corrected chi connectivity index (χ0v) is 24.0. The number of nitrogens with zero attached hydrogens (tertiary/aromatic N) is 2. The van der Waals surface area contributed by atoms with E-state index in [0.717, 1.165) is 24.1 Å². The number of aromatic hydroxyl groups is 1. The number of esters is 1. The minimum absolute atomic E-state index is 0.253. The van der Waals surface area contributed by atoms with Gasteiger partial charge < -0.3 is 35.2 Å². The number of hydrogen-bond donors (Lipinski definition) is 4. The van der Waals surface area contributed by atoms with Crippen molar-refractivity contribution in [1.82, 2.24) is 20.5 Å². The second kappa shape index (κ2) is 13.3. The number of aromatic nitrogens is 1. The van der Waals surface area contributed by atoms with E-state index < -0.39 is 119 Å². The van der Waals surface area contributed by atoms with Gasteiger partial charge in [0.1, 0.15) is 17.9 Å². The molecule has 0 aliphatic carbocycles. The molecular weight excluding hydrogens is 615 g/mol. The van der Waals surface area contributed by atoms with Crippen LogP contribution in [0.2, 0.25) is 0 Å². The minimum atomic E-state index is -2.43. The Labute approximate surface area is 252 Å². The van der Waals surface area contributed by atoms with E-state index in [-0.39, 0.29) is 6.61 Å². The Balaban J connectivity index is 1.78. The van der Waals surface area contributed by atoms with E-state index in [4.69, 9.17) is 9.47 Å². The van der Waals surface area contributed by atoms with Crippen LogP contribution in [0.15, 0.2) is 18.3 Å². The number of amides is 3. The molecule has 2 saturated heterocycles. The average molecular weight is 645 g/mol. The first-order valence-corrected chi connectivity index (χ1v) is 13.7. The molecule has 2 unspecified atom stereocenters. The minimum Gasteiger partial charge on any atom is -0.505 e. The normalized spacial score (nSPS) is 27.9. The maximum atomic E-state index is 14.7. The van der Waals surface area contributed by atoms with Gasteiger partial charge in [-0.3, -0.25) is 14.4 Å². The van der Waals surface area contributed by atoms with Crippen molar-refractivity contribution in [1.29, 1.82) is 0 Å². The fraction of sp³-hybridized carbons (Fsp3) is 0.464. The predicted octanol–water partition coefficient (Wildman–Crippen LogP) is 0.867. The van der Waals surface area contributed by atoms with Gasteiger partial charge in [0, 0.05) is 31.8 Å². The van der Waals surface area contributed by atoms with Crippen molar-refractivity contribution >= 4 is 23.7 Å². The third-order valence-electron chi connectivity index (χ3n) is 7.80. The lowest BCUT2D eigenvalue weighted by Gasteiger charge is -2.41. The molecule has 2 aliphatic heterocycles. The van der Waals surface area contributed by atoms with Crippen LogP contribution in [0.5, 0.6) is 5.75 Å². The average Bonchev–Trinajstić information content (AvgIpc) is 2.98. The van der Waals surface area contributed by atoms with Crippen LogP contribution in [0, 0.1) is 35.0 Å². The molecule has 45 heavy (non-hydrogen) atoms. The third-order valence-corrected chi connectivity index (χ3v) is 7.80. The quantitative estimate of drug-likeness (QED) is 0.160. The lowest BCUT2D eigenvalue weighted by Crippen LogP contribution is -2.62. The van der Waals surface area contributed by atoms with Crippen LogP contribution in [0.25, 0.3) is 0 Å². The summed E-state index contributed by atoms with van der Waals surface area (Å²) in [5.74, 6) is -17.9. The lowest BCUT2D eigenvalue weighted by molar-refractivity contribution is -0.177. The van der Waals surface area contributed by atoms with E-state index in [1.165, 1.54) is 20.0 Å². The van der Waals surface area contributed by atoms with Crippen molar-refractivity contribution in [2.45, 2.75) is 63.1 Å². The van der Waals surface area contributed by atoms with E-state index >= 15 is 0 Å². The Morgan fingerprint density at radius 1 is 1.09 bits per heavy atom. The molecule has 1 aromatic carbocycles. The van der Waals surface area contributed by atoms with Gasteiger partial charge in [-0.1, -0.05) is 6.92 Å². The van der Waals surface area contributed by atoms with Gasteiger partial charge in [0.15, 0.2) is 35.0 Å². The van der Waals surface area contributed by atoms with Crippen molar-refractivity contribution < 1.29 is 60.8 Å². The SMILES string of the molecule is C[C@H]1OC(=O)C(C2CCO2)N(C)C(=O)[C@H](C)[C@H](O)[C@H](Cc2c(F)c(F)c(F)c(F)c2F)NC(=O)[C@H]1NC(=O)c1ncccc1O. The molecule has 4 N–H and O–H groups in total. The van der Waals surface area contributed by atoms with Crippen molar-refractivity contribution in [3.05, 3.63) is 58.7 Å². The summed E-state index contributed by atoms with van der Waals surface area (Å²) in [6, 6.07) is -2.70. The molecule has 0 radical (unpaired) electrons. The highest BCUT2D eigenvalue weighted by Crippen LogP contribution is 2.28. The number of hydrogen-bond acceptors (Lipinski definition) is 9. The Hall–Kier alpha value is -4.38. The van der Waals surface area contributed by atoms with Gasteiger partial charge in [-0.2, -0.15) is 0 Å². The van der Waals surface area contributed by atoms with Crippen LogP contribution in [0.3, 0.4) is 0 Å². The zero-order valence-electron chi connectivity index (χ0n) is 24.0. The van der Waals surface area contributed by atoms with E-state index in [1.54, 1.807) is 0 Å². The number of aliphatic hydroxyl groups excluding tert-OH is 1. The summed E-state index contributed by atoms with van der Waals surface area (Å²) in [7, 11) is 1.20. The number of benzene rings is 1. The molecule has 2 aliphatic rings. The first-order valence-electron chi connectivity index (χ1n) is 13.7. The Morgan fingerprint density at radius 3 is 2.24 bits per heavy atom. The summed E-state index contributed by atoms with van der Waals surface area (Å²) >= 11 is 0. The molecule has 2 aromatic rings. The molecule has 4 rings (SSSR count). The number of cyclic esters (lactones) is 1. The first-order chi connectivity index (χ1) is 21.1. The van der Waals surface area contributed by atoms with Crippen molar-refractivity contribution in [2.24, 2.45) is 5.92 Å². The van der Waals surface area contributed by atoms with Crippen LogP contribution in [-0.4, -0.2) is 93.9 Å². The Morgan fingerprint density at radius 2 is 1.69 bits per heavy atom. The molecule has 12 nitrogen and oxygen atoms in total. The molecule has 1 aromatic heterocycles. The third kappa shape index (κ3) is 6.54. The number of carbonyl (C=O) groups excluding carboxylic acids is 4. The standard InChI is InChI=1S/C28H29F5N4O8/c1-10-24(39)13(9-12-16(29)18(31)20(33)19(32)17(12)30)35-25(40)21(36-26(41)22-14(38)5-4-7-34-22)11(2)45-28(43)23(15-6-8-44-15)37(3)27(10)42/h4-5,7,10-11,13,15,21,23-24,38-39H,6,8-9H2,1-3H3,(H,35,40)(H,36,41)/t10-,11-,13+,15?,21+,23?,24+/m1/s1. The molecular formula is C28H29F5N4O8. The Bertz CT molecular complexity index is 1480. The first kappa shape index (κ1) is 33.5. The summed E-state index contributed by atoms with van der Waals surface area (Å²) < 4.78 is 82.0. The van der Waals surface area contributed by atoms with E-state index in [9.17, 15) is 51.3 Å². The molecule has 0 spiro atoms. The molecule has 0 saturated carbocycles. The zero-order chi connectivity index (χ0) is 33.3. The number of carbonyl (C=O) groups is 4. The van der Waals surface area contributed by atoms with Crippen molar-refractivity contribution in [2.75, 3.05) is 13.7 Å². The maximum Gasteiger partial charge on any atom is 0.331 e. The van der Waals surface area contributed by atoms with Gasteiger partial charge in [0.25, 0.3) is 5.91 Å². The summed E-state index contributed by atoms with van der Waals surface area (Å²) in [4.78, 5) is 58.0. The molecule has 2 fully saturated rings. The summed E-state index contributed by atoms with van der Waals surface area (Å²) in [6.07, 6.45) is -4.14. The van der Waals surface area contributed by atoms with E-state index in [2.05, 4.69) is 15.6 Å². The van der Waals surface area contributed by atoms with Gasteiger partial charge in [-0.15, -0.1) is 0 Å². The van der Waals surface area contributed by atoms with Gasteiger partial charge in [-0.05, 0) is 25.5 Å². The summed E-state index contributed by atoms with van der Waals surface area (Å²) in [5.41, 5.74) is -1.93. The van der Waals surface area contributed by atoms with Gasteiger partial charge in [0.2, 0.25) is 17.6 Å². The van der Waals surface area contributed by atoms with Crippen LogP contribution < -0.4 is 10.6 Å². The van der Waals surface area contributed by atoms with E-state index in [1.807, 2.05) is 0 Å². The fourth-order valence-corrected chi connectivity index (χ4v) is 5.09. The Kier molecular flexibility index (Phi) is 9.92. The van der Waals surface area contributed by atoms with Crippen LogP contribution >= 0.6 is 0 Å². The monoisotopic (exact) mass is 644 g/mol. The van der Waals surface area contributed by atoms with E-state index in [0.29, 0.717) is 6.42 Å². The van der Waals surface area contributed by atoms with Crippen molar-refractivity contribution in [3.63, 3.8) is 0 Å². The number of aliphatic hydroxyl groups is 1. The molecule has 7 atom stereocenters. The van der Waals surface area contributed by atoms with Crippen LogP contribution in [-0.2, 0) is 30.3 Å². The molecule has 3 heterocycles. The highest BCUT2D eigenvalue weighted by Gasteiger charge is 2.46. The van der Waals surface area contributed by atoms with Gasteiger partial charge >= 0.3 is 5.97 Å². The molecule has 244 valence electrons. The second-order valence-corrected chi connectivity index (χ2v) is 10.7. The lowest BCUT2D eigenvalue weighted by atomic mass is 9.90. The predicted molar refractivity (Wildman–Crippen MR) is 141 cm³/mol. The number of ether oxygens (including phenoxy) is 2. The van der Waals surface area contributed by atoms with Gasteiger partial charge in [-0.25, -0.2) is 31.7 Å². The summed E-state index contributed by atoms with van der Waals surface area (Å²) in [5, 5.41) is 25.7. The van der Waals surface area contributed by atoms with Crippen LogP contribution in [0.1, 0.15) is 36.3 Å². The summed E-state index contributed by atoms with van der Waals surface area (Å²) in [6.45, 7) is 2.59. The largest absolute Gasteiger partial charge is 0.505 e. The van der Waals surface area contributed by atoms with Crippen molar-refractivity contribution in [3.8, 4) is 5.75 Å². The topological polar surface area (TPSA) is 167 Å². The smallest absolute Gasteiger partial charge is 0.331 e. The van der Waals surface area contributed by atoms with Crippen LogP contribution in [0.4, 0.5) is 22.0 Å². The molecule has 3 amide bonds. The number of likely N-dealkylation sites (N-methyl/N-ethyl adjacent to an activating group) is 1.